The van der Waals surface area contributed by atoms with Crippen molar-refractivity contribution in [2.75, 3.05) is 24.0 Å². The summed E-state index contributed by atoms with van der Waals surface area (Å²) in [6.07, 6.45) is -4.75. The van der Waals surface area contributed by atoms with Crippen molar-refractivity contribution in [1.29, 1.82) is 0 Å². The highest BCUT2D eigenvalue weighted by Crippen LogP contribution is 2.79. The third kappa shape index (κ3) is 7.85. The van der Waals surface area contributed by atoms with Crippen LogP contribution in [0.2, 0.25) is 0 Å². The lowest BCUT2D eigenvalue weighted by Gasteiger charge is -2.26. The van der Waals surface area contributed by atoms with Gasteiger partial charge >= 0.3 is 26.6 Å². The van der Waals surface area contributed by atoms with Crippen molar-refractivity contribution in [1.82, 2.24) is 19.5 Å². The van der Waals surface area contributed by atoms with E-state index in [1.165, 1.54) is 22.7 Å². The maximum atomic E-state index is 12.3. The average Bonchev–Trinajstić information content (AvgIpc) is 3.47. The van der Waals surface area contributed by atoms with Gasteiger partial charge in [0.2, 0.25) is 0 Å². The van der Waals surface area contributed by atoms with Crippen LogP contribution < -0.4 is 5.32 Å². The fraction of sp³-hybridized carbons (Fsp3) is 0.476. The first-order valence-corrected chi connectivity index (χ1v) is 19.2. The summed E-state index contributed by atoms with van der Waals surface area (Å²) in [6, 6.07) is 9.21. The first-order chi connectivity index (χ1) is 20.5. The van der Waals surface area contributed by atoms with E-state index in [2.05, 4.69) is 24.6 Å². The van der Waals surface area contributed by atoms with Gasteiger partial charge in [-0.05, 0) is 18.6 Å². The van der Waals surface area contributed by atoms with Gasteiger partial charge in [-0.25, -0.2) is 19.3 Å². The summed E-state index contributed by atoms with van der Waals surface area (Å²) >= 11 is 11.9. The minimum atomic E-state index is -5.81. The topological polar surface area (TPSA) is 256 Å². The molecule has 0 aliphatic carbocycles. The number of halogens is 2. The number of aromatic nitrogens is 4. The van der Waals surface area contributed by atoms with Crippen LogP contribution in [0.3, 0.4) is 0 Å². The predicted molar refractivity (Wildman–Crippen MR) is 160 cm³/mol. The van der Waals surface area contributed by atoms with Gasteiger partial charge in [-0.1, -0.05) is 60.1 Å². The molecule has 6 atom stereocenters. The first kappa shape index (κ1) is 35.7. The van der Waals surface area contributed by atoms with E-state index in [0.29, 0.717) is 16.5 Å². The minimum Gasteiger partial charge on any atom is -0.387 e. The fourth-order valence-electron chi connectivity index (χ4n) is 3.88. The van der Waals surface area contributed by atoms with Crippen LogP contribution in [0.15, 0.2) is 41.8 Å². The second-order valence-corrected chi connectivity index (χ2v) is 18.8. The van der Waals surface area contributed by atoms with Crippen LogP contribution in [0.4, 0.5) is 11.5 Å². The van der Waals surface area contributed by atoms with Crippen LogP contribution in [0, 0.1) is 0 Å². The van der Waals surface area contributed by atoms with Gasteiger partial charge < -0.3 is 44.6 Å². The molecule has 1 aliphatic rings. The molecule has 7 N–H and O–H groups in total. The third-order valence-corrected chi connectivity index (χ3v) is 14.9. The van der Waals surface area contributed by atoms with Gasteiger partial charge in [0, 0.05) is 11.4 Å². The van der Waals surface area contributed by atoms with Crippen LogP contribution in [-0.2, 0) is 27.5 Å². The van der Waals surface area contributed by atoms with Crippen molar-refractivity contribution in [3.05, 3.63) is 36.7 Å². The van der Waals surface area contributed by atoms with E-state index >= 15 is 0 Å². The molecule has 0 saturated carbocycles. The second kappa shape index (κ2) is 13.9. The van der Waals surface area contributed by atoms with Gasteiger partial charge in [0.1, 0.15) is 24.7 Å². The Balaban J connectivity index is 1.50. The van der Waals surface area contributed by atoms with Crippen molar-refractivity contribution in [2.45, 2.75) is 46.9 Å². The molecule has 44 heavy (non-hydrogen) atoms. The quantitative estimate of drug-likeness (QED) is 0.0542. The number of para-hydroxylation sites is 1. The second-order valence-electron chi connectivity index (χ2n) is 9.36. The summed E-state index contributed by atoms with van der Waals surface area (Å²) < 4.78 is 48.4. The molecule has 1 aromatic carbocycles. The van der Waals surface area contributed by atoms with Crippen molar-refractivity contribution >= 4 is 80.4 Å². The van der Waals surface area contributed by atoms with E-state index in [1.807, 2.05) is 37.3 Å². The van der Waals surface area contributed by atoms with E-state index in [0.717, 1.165) is 17.9 Å². The zero-order valence-corrected chi connectivity index (χ0v) is 27.5. The molecule has 3 aromatic rings. The van der Waals surface area contributed by atoms with Crippen molar-refractivity contribution < 1.29 is 57.3 Å². The molecule has 0 amide bonds. The monoisotopic (exact) mass is 737 g/mol. The predicted octanol–water partition coefficient (Wildman–Crippen LogP) is 3.32. The van der Waals surface area contributed by atoms with Gasteiger partial charge in [-0.15, -0.1) is 0 Å². The summed E-state index contributed by atoms with van der Waals surface area (Å²) in [4.78, 5) is 51.4. The standard InChI is InChI=1S/C21H28Cl2N5O12P3S/c1-2-8-44-20-26-17(25-12-6-4-3-5-7-12)14-18(27-20)28(10-24-14)19-16(30)15(29)13(39-19)9-38-11-41(31,32)40-43(36,37)21(22,23)42(33,34)35/h3-7,10,13,15-16,19,29-30H,2,8-9,11H2,1H3,(H,31,32)(H,36,37)(H,25,26,27)(H2,33,34,35)/t13-,15-,16-,19-/m1/s1. The number of benzene rings is 1. The number of hydrogen-bond acceptors (Lipinski definition) is 13. The summed E-state index contributed by atoms with van der Waals surface area (Å²) in [5.74, 6) is 1.12. The van der Waals surface area contributed by atoms with Crippen LogP contribution in [0.1, 0.15) is 19.6 Å². The summed E-state index contributed by atoms with van der Waals surface area (Å²) in [7, 11) is -16.7. The number of imidazole rings is 1. The number of anilines is 2. The fourth-order valence-corrected chi connectivity index (χ4v) is 9.07. The Hall–Kier alpha value is -1.17. The van der Waals surface area contributed by atoms with Crippen LogP contribution in [0.25, 0.3) is 11.2 Å². The molecule has 0 bridgehead atoms. The number of rotatable bonds is 14. The van der Waals surface area contributed by atoms with E-state index in [-0.39, 0.29) is 5.65 Å². The number of fused-ring (bicyclic) bond motifs is 1. The van der Waals surface area contributed by atoms with Crippen molar-refractivity contribution in [3.8, 4) is 0 Å². The number of aliphatic hydroxyl groups excluding tert-OH is 2. The van der Waals surface area contributed by atoms with E-state index in [4.69, 9.17) is 42.5 Å². The normalized spacial score (nSPS) is 23.8. The smallest absolute Gasteiger partial charge is 0.383 e. The maximum absolute atomic E-state index is 12.3. The molecule has 0 spiro atoms. The number of nitrogens with one attached hydrogen (secondary N) is 1. The highest BCUT2D eigenvalue weighted by Gasteiger charge is 2.62. The molecule has 3 heterocycles. The van der Waals surface area contributed by atoms with Gasteiger partial charge in [-0.2, -0.15) is 0 Å². The Kier molecular flexibility index (Phi) is 11.3. The number of thioether (sulfide) groups is 1. The van der Waals surface area contributed by atoms with Crippen molar-refractivity contribution in [2.24, 2.45) is 0 Å². The third-order valence-electron chi connectivity index (χ3n) is 5.95. The first-order valence-electron chi connectivity index (χ1n) is 12.6. The molecule has 17 nitrogen and oxygen atoms in total. The van der Waals surface area contributed by atoms with Crippen molar-refractivity contribution in [3.63, 3.8) is 0 Å². The van der Waals surface area contributed by atoms with Crippen LogP contribution in [0.5, 0.6) is 0 Å². The Labute approximate surface area is 264 Å². The lowest BCUT2D eigenvalue weighted by atomic mass is 10.1. The Bertz CT molecular complexity index is 1620. The molecule has 2 unspecified atom stereocenters. The lowest BCUT2D eigenvalue weighted by molar-refractivity contribution is -0.0612. The number of ether oxygens (including phenoxy) is 2. The van der Waals surface area contributed by atoms with E-state index in [9.17, 15) is 33.7 Å². The van der Waals surface area contributed by atoms with Crippen LogP contribution in [-0.4, -0.2) is 90.1 Å². The zero-order valence-electron chi connectivity index (χ0n) is 22.5. The molecule has 244 valence electrons. The number of alkyl halides is 2. The van der Waals surface area contributed by atoms with Gasteiger partial charge in [0.25, 0.3) is 0 Å². The molecule has 2 aromatic heterocycles. The number of nitrogens with zero attached hydrogens (tertiary/aromatic N) is 4. The molecular formula is C21H28Cl2N5O12P3S. The van der Waals surface area contributed by atoms with Gasteiger partial charge in [-0.3, -0.25) is 18.3 Å². The molecule has 23 heteroatoms. The maximum Gasteiger partial charge on any atom is 0.383 e. The summed E-state index contributed by atoms with van der Waals surface area (Å²) in [6.45, 7) is 1.37. The summed E-state index contributed by atoms with van der Waals surface area (Å²) in [5, 5.41) is 25.1. The van der Waals surface area contributed by atoms with Gasteiger partial charge in [0.15, 0.2) is 28.4 Å². The minimum absolute atomic E-state index is 0.275. The molecule has 1 aliphatic heterocycles. The average molecular weight is 738 g/mol. The highest BCUT2D eigenvalue weighted by molar-refractivity contribution is 7.99. The molecule has 0 radical (unpaired) electrons. The molecule has 1 saturated heterocycles. The zero-order chi connectivity index (χ0) is 32.5. The molecular weight excluding hydrogens is 710 g/mol. The Morgan fingerprint density at radius 3 is 2.41 bits per heavy atom. The molecule has 1 fully saturated rings. The number of hydrogen-bond donors (Lipinski definition) is 7. The number of aliphatic hydroxyl groups is 2. The highest BCUT2D eigenvalue weighted by atomic mass is 35.5. The Morgan fingerprint density at radius 2 is 1.77 bits per heavy atom. The molecule has 4 rings (SSSR count). The largest absolute Gasteiger partial charge is 0.387 e. The Morgan fingerprint density at radius 1 is 1.09 bits per heavy atom. The lowest BCUT2D eigenvalue weighted by Crippen LogP contribution is -2.34. The SMILES string of the molecule is CCCSc1nc(Nc2ccccc2)c2ncn([C@@H]3O[C@H](COCP(=O)(O)OP(=O)(O)C(Cl)(Cl)P(=O)(O)O)[C@@H](O)[C@H]3O)c2n1. The summed E-state index contributed by atoms with van der Waals surface area (Å²) in [5.41, 5.74) is 1.36. The van der Waals surface area contributed by atoms with Crippen LogP contribution >= 0.6 is 57.8 Å². The van der Waals surface area contributed by atoms with E-state index in [1.54, 1.807) is 0 Å². The van der Waals surface area contributed by atoms with E-state index < -0.39 is 64.1 Å². The van der Waals surface area contributed by atoms with Gasteiger partial charge in [0.05, 0.1) is 12.9 Å².